The summed E-state index contributed by atoms with van der Waals surface area (Å²) in [5.41, 5.74) is 1.21. The van der Waals surface area contributed by atoms with Gasteiger partial charge in [-0.2, -0.15) is 0 Å². The summed E-state index contributed by atoms with van der Waals surface area (Å²) in [6.45, 7) is -0.381. The number of aliphatic hydroxyl groups excluding tert-OH is 3. The summed E-state index contributed by atoms with van der Waals surface area (Å²) < 4.78 is 7.01. The van der Waals surface area contributed by atoms with Gasteiger partial charge in [-0.1, -0.05) is 23.2 Å². The average molecular weight is 319 g/mol. The molecule has 0 unspecified atom stereocenters. The molecule has 0 bridgehead atoms. The van der Waals surface area contributed by atoms with E-state index in [1.165, 1.54) is 6.33 Å². The fourth-order valence-corrected chi connectivity index (χ4v) is 2.65. The van der Waals surface area contributed by atoms with Gasteiger partial charge in [0.2, 0.25) is 0 Å². The number of fused-ring (bicyclic) bond motifs is 1. The lowest BCUT2D eigenvalue weighted by Gasteiger charge is -2.17. The fourth-order valence-electron chi connectivity index (χ4n) is 2.34. The van der Waals surface area contributed by atoms with E-state index < -0.39 is 24.5 Å². The number of aromatic nitrogens is 2. The normalized spacial score (nSPS) is 30.2. The third kappa shape index (κ3) is 2.09. The molecule has 20 heavy (non-hydrogen) atoms. The monoisotopic (exact) mass is 318 g/mol. The zero-order chi connectivity index (χ0) is 14.4. The van der Waals surface area contributed by atoms with Crippen LogP contribution in [0.4, 0.5) is 0 Å². The van der Waals surface area contributed by atoms with E-state index in [9.17, 15) is 10.2 Å². The number of halogens is 2. The highest BCUT2D eigenvalue weighted by Gasteiger charge is 2.43. The van der Waals surface area contributed by atoms with E-state index in [1.54, 1.807) is 16.7 Å². The zero-order valence-corrected chi connectivity index (χ0v) is 11.7. The molecule has 1 saturated heterocycles. The summed E-state index contributed by atoms with van der Waals surface area (Å²) in [5, 5.41) is 29.6. The number of nitrogens with zero attached hydrogens (tertiary/aromatic N) is 2. The second-order valence-corrected chi connectivity index (χ2v) is 5.45. The summed E-state index contributed by atoms with van der Waals surface area (Å²) in [7, 11) is 0. The van der Waals surface area contributed by atoms with Gasteiger partial charge in [0, 0.05) is 0 Å². The third-order valence-corrected chi connectivity index (χ3v) is 4.13. The molecular formula is C12H12Cl2N2O4. The first-order valence-corrected chi connectivity index (χ1v) is 6.72. The maximum absolute atomic E-state index is 10.0. The van der Waals surface area contributed by atoms with Gasteiger partial charge in [0.05, 0.1) is 34.0 Å². The number of hydrogen-bond donors (Lipinski definition) is 3. The van der Waals surface area contributed by atoms with Crippen molar-refractivity contribution in [3.05, 3.63) is 28.5 Å². The molecule has 8 heteroatoms. The Hall–Kier alpha value is -0.890. The van der Waals surface area contributed by atoms with Gasteiger partial charge in [0.25, 0.3) is 0 Å². The molecule has 6 nitrogen and oxygen atoms in total. The van der Waals surface area contributed by atoms with Crippen LogP contribution in [0.2, 0.25) is 10.0 Å². The van der Waals surface area contributed by atoms with Crippen LogP contribution < -0.4 is 0 Å². The van der Waals surface area contributed by atoms with Gasteiger partial charge < -0.3 is 24.6 Å². The molecule has 3 N–H and O–H groups in total. The number of ether oxygens (including phenoxy) is 1. The molecule has 1 fully saturated rings. The van der Waals surface area contributed by atoms with Gasteiger partial charge in [0.1, 0.15) is 18.3 Å². The Balaban J connectivity index is 2.05. The van der Waals surface area contributed by atoms with Crippen molar-refractivity contribution in [2.75, 3.05) is 6.61 Å². The lowest BCUT2D eigenvalue weighted by Crippen LogP contribution is -2.33. The van der Waals surface area contributed by atoms with Crippen LogP contribution in [0.25, 0.3) is 11.0 Å². The summed E-state index contributed by atoms with van der Waals surface area (Å²) in [6.07, 6.45) is -2.54. The quantitative estimate of drug-likeness (QED) is 0.767. The van der Waals surface area contributed by atoms with Crippen LogP contribution in [0, 0.1) is 0 Å². The predicted octanol–water partition coefficient (Wildman–Crippen LogP) is 0.955. The zero-order valence-electron chi connectivity index (χ0n) is 10.1. The molecule has 4 atom stereocenters. The summed E-state index contributed by atoms with van der Waals surface area (Å²) in [4.78, 5) is 4.16. The molecule has 108 valence electrons. The first-order chi connectivity index (χ1) is 9.52. The van der Waals surface area contributed by atoms with Crippen molar-refractivity contribution in [1.29, 1.82) is 0 Å². The van der Waals surface area contributed by atoms with Crippen LogP contribution in [0.15, 0.2) is 18.5 Å². The molecule has 3 rings (SSSR count). The Morgan fingerprint density at radius 2 is 1.90 bits per heavy atom. The Labute approximate surface area is 124 Å². The molecule has 0 radical (unpaired) electrons. The minimum absolute atomic E-state index is 0.354. The number of hydrogen-bond acceptors (Lipinski definition) is 5. The lowest BCUT2D eigenvalue weighted by molar-refractivity contribution is -0.0508. The maximum Gasteiger partial charge on any atom is 0.164 e. The topological polar surface area (TPSA) is 87.7 Å². The molecule has 1 aliphatic heterocycles. The van der Waals surface area contributed by atoms with E-state index in [1.807, 2.05) is 0 Å². The van der Waals surface area contributed by atoms with Crippen LogP contribution in [0.3, 0.4) is 0 Å². The molecule has 2 heterocycles. The summed E-state index contributed by atoms with van der Waals surface area (Å²) in [6, 6.07) is 3.22. The molecule has 1 aromatic heterocycles. The predicted molar refractivity (Wildman–Crippen MR) is 72.8 cm³/mol. The smallest absolute Gasteiger partial charge is 0.164 e. The second-order valence-electron chi connectivity index (χ2n) is 4.64. The van der Waals surface area contributed by atoms with Gasteiger partial charge in [-0.15, -0.1) is 0 Å². The largest absolute Gasteiger partial charge is 0.394 e. The second kappa shape index (κ2) is 5.14. The van der Waals surface area contributed by atoms with Crippen molar-refractivity contribution < 1.29 is 20.1 Å². The van der Waals surface area contributed by atoms with Gasteiger partial charge in [-0.25, -0.2) is 4.98 Å². The molecule has 0 amide bonds. The fraction of sp³-hybridized carbons (Fsp3) is 0.417. The maximum atomic E-state index is 10.0. The molecule has 1 aromatic carbocycles. The average Bonchev–Trinajstić information content (AvgIpc) is 2.94. The molecule has 0 saturated carbocycles. The van der Waals surface area contributed by atoms with Crippen molar-refractivity contribution in [3.8, 4) is 0 Å². The SMILES string of the molecule is OC[C@@H]1O[C@H](n2cnc3cc(Cl)c(Cl)cc32)[C@H](O)[C@@H]1O. The number of aliphatic hydroxyl groups is 3. The van der Waals surface area contributed by atoms with E-state index >= 15 is 0 Å². The van der Waals surface area contributed by atoms with Gasteiger partial charge in [0.15, 0.2) is 6.23 Å². The van der Waals surface area contributed by atoms with Crippen molar-refractivity contribution in [1.82, 2.24) is 9.55 Å². The summed E-state index contributed by atoms with van der Waals surface area (Å²) in [5.74, 6) is 0. The first-order valence-electron chi connectivity index (χ1n) is 5.97. The van der Waals surface area contributed by atoms with Crippen LogP contribution in [-0.4, -0.2) is 49.8 Å². The van der Waals surface area contributed by atoms with Crippen molar-refractivity contribution in [2.24, 2.45) is 0 Å². The van der Waals surface area contributed by atoms with Crippen molar-refractivity contribution in [3.63, 3.8) is 0 Å². The third-order valence-electron chi connectivity index (χ3n) is 3.41. The minimum Gasteiger partial charge on any atom is -0.394 e. The number of imidazole rings is 1. The first kappa shape index (κ1) is 14.1. The van der Waals surface area contributed by atoms with Crippen molar-refractivity contribution in [2.45, 2.75) is 24.5 Å². The minimum atomic E-state index is -1.17. The van der Waals surface area contributed by atoms with Crippen LogP contribution >= 0.6 is 23.2 Å². The van der Waals surface area contributed by atoms with Crippen molar-refractivity contribution >= 4 is 34.2 Å². The van der Waals surface area contributed by atoms with E-state index in [0.29, 0.717) is 21.1 Å². The molecule has 2 aromatic rings. The van der Waals surface area contributed by atoms with Gasteiger partial charge >= 0.3 is 0 Å². The Kier molecular flexibility index (Phi) is 3.62. The van der Waals surface area contributed by atoms with E-state index in [2.05, 4.69) is 4.98 Å². The van der Waals surface area contributed by atoms with Gasteiger partial charge in [-0.3, -0.25) is 0 Å². The van der Waals surface area contributed by atoms with E-state index in [4.69, 9.17) is 33.0 Å². The number of rotatable bonds is 2. The van der Waals surface area contributed by atoms with Crippen LogP contribution in [0.5, 0.6) is 0 Å². The van der Waals surface area contributed by atoms with Gasteiger partial charge in [-0.05, 0) is 12.1 Å². The molecule has 0 aliphatic carbocycles. The highest BCUT2D eigenvalue weighted by atomic mass is 35.5. The standard InChI is InChI=1S/C12H12Cl2N2O4/c13-5-1-7-8(2-6(5)14)16(4-15-7)12-11(19)10(18)9(3-17)20-12/h1-2,4,9-12,17-19H,3H2/t9-,10+,11+,12-/m0/s1. The number of benzene rings is 1. The highest BCUT2D eigenvalue weighted by molar-refractivity contribution is 6.42. The van der Waals surface area contributed by atoms with E-state index in [-0.39, 0.29) is 6.61 Å². The molecule has 0 spiro atoms. The van der Waals surface area contributed by atoms with Crippen LogP contribution in [-0.2, 0) is 4.74 Å². The van der Waals surface area contributed by atoms with E-state index in [0.717, 1.165) is 0 Å². The molecule has 1 aliphatic rings. The Bertz CT molecular complexity index is 648. The summed E-state index contributed by atoms with van der Waals surface area (Å²) >= 11 is 11.9. The lowest BCUT2D eigenvalue weighted by atomic mass is 10.1. The highest BCUT2D eigenvalue weighted by Crippen LogP contribution is 2.34. The Morgan fingerprint density at radius 1 is 1.20 bits per heavy atom. The van der Waals surface area contributed by atoms with Crippen LogP contribution in [0.1, 0.15) is 6.23 Å². The Morgan fingerprint density at radius 3 is 2.55 bits per heavy atom. The molecular weight excluding hydrogens is 307 g/mol.